The number of hydrogen-bond donors (Lipinski definition) is 1. The first-order valence-electron chi connectivity index (χ1n) is 5.68. The van der Waals surface area contributed by atoms with E-state index in [4.69, 9.17) is 4.55 Å². The Hall–Kier alpha value is -2.12. The van der Waals surface area contributed by atoms with Crippen molar-refractivity contribution < 1.29 is 27.1 Å². The fourth-order valence-electron chi connectivity index (χ4n) is 1.82. The molecule has 0 amide bonds. The zero-order valence-electron chi connectivity index (χ0n) is 10.4. The van der Waals surface area contributed by atoms with Gasteiger partial charge in [-0.15, -0.1) is 0 Å². The lowest BCUT2D eigenvalue weighted by Gasteiger charge is -2.13. The lowest BCUT2D eigenvalue weighted by molar-refractivity contribution is -0.307. The molecule has 0 saturated carbocycles. The number of hydrogen-bond acceptors (Lipinski definition) is 5. The third kappa shape index (κ3) is 3.25. The van der Waals surface area contributed by atoms with E-state index in [9.17, 15) is 18.3 Å². The molecule has 0 aliphatic carbocycles. The van der Waals surface area contributed by atoms with Crippen LogP contribution in [0.2, 0.25) is 0 Å². The van der Waals surface area contributed by atoms with E-state index in [1.807, 2.05) is 0 Å². The van der Waals surface area contributed by atoms with Crippen LogP contribution in [0, 0.1) is 0 Å². The van der Waals surface area contributed by atoms with Crippen molar-refractivity contribution >= 4 is 27.1 Å². The molecule has 0 aromatic heterocycles. The fourth-order valence-corrected chi connectivity index (χ4v) is 2.17. The monoisotopic (exact) mass is 295 g/mol. The zero-order valence-corrected chi connectivity index (χ0v) is 11.3. The minimum atomic E-state index is -4.56. The van der Waals surface area contributed by atoms with E-state index < -0.39 is 22.3 Å². The van der Waals surface area contributed by atoms with Gasteiger partial charge in [0.05, 0.1) is 0 Å². The van der Waals surface area contributed by atoms with Crippen molar-refractivity contribution in [3.05, 3.63) is 42.0 Å². The summed E-state index contributed by atoms with van der Waals surface area (Å²) in [7, 11) is -4.56. The number of fused-ring (bicyclic) bond motifs is 1. The molecule has 0 spiro atoms. The third-order valence-corrected chi connectivity index (χ3v) is 3.29. The van der Waals surface area contributed by atoms with Gasteiger partial charge in [-0.3, -0.25) is 4.55 Å². The van der Waals surface area contributed by atoms with Crippen LogP contribution in [0.15, 0.2) is 36.4 Å². The summed E-state index contributed by atoms with van der Waals surface area (Å²) in [5.41, 5.74) is 0.584. The standard InChI is InChI=1S/C13H12O6S/c1-8(13(14)15)9-2-3-11-7-12(19-20(16,17)18)5-4-10(11)6-9/h2-8H,1H3,(H,14,15)(H,16,17,18)/p-1/t8-/m0/s1. The summed E-state index contributed by atoms with van der Waals surface area (Å²) in [5, 5.41) is 12.2. The smallest absolute Gasteiger partial charge is 0.446 e. The Morgan fingerprint density at radius 2 is 1.80 bits per heavy atom. The number of rotatable bonds is 4. The molecule has 0 fully saturated rings. The molecular weight excluding hydrogens is 284 g/mol. The van der Waals surface area contributed by atoms with Crippen LogP contribution in [0.25, 0.3) is 10.8 Å². The summed E-state index contributed by atoms with van der Waals surface area (Å²) >= 11 is 0. The Kier molecular flexibility index (Phi) is 3.65. The largest absolute Gasteiger partial charge is 0.550 e. The van der Waals surface area contributed by atoms with E-state index >= 15 is 0 Å². The highest BCUT2D eigenvalue weighted by Crippen LogP contribution is 2.25. The number of aliphatic carboxylic acids is 1. The van der Waals surface area contributed by atoms with E-state index in [2.05, 4.69) is 4.18 Å². The Morgan fingerprint density at radius 1 is 1.20 bits per heavy atom. The molecule has 106 valence electrons. The Labute approximate surface area is 115 Å². The van der Waals surface area contributed by atoms with Gasteiger partial charge in [-0.05, 0) is 28.5 Å². The summed E-state index contributed by atoms with van der Waals surface area (Å²) in [6.07, 6.45) is 0. The second-order valence-electron chi connectivity index (χ2n) is 4.32. The van der Waals surface area contributed by atoms with Gasteiger partial charge >= 0.3 is 10.4 Å². The van der Waals surface area contributed by atoms with Crippen LogP contribution in [-0.2, 0) is 15.2 Å². The maximum Gasteiger partial charge on any atom is 0.446 e. The molecule has 0 aliphatic heterocycles. The quantitative estimate of drug-likeness (QED) is 0.839. The number of carboxylic acids is 1. The molecule has 0 heterocycles. The van der Waals surface area contributed by atoms with Gasteiger partial charge in [0.15, 0.2) is 0 Å². The van der Waals surface area contributed by atoms with E-state index in [0.717, 1.165) is 5.39 Å². The van der Waals surface area contributed by atoms with Crippen molar-refractivity contribution in [3.63, 3.8) is 0 Å². The molecule has 0 saturated heterocycles. The van der Waals surface area contributed by atoms with Crippen LogP contribution >= 0.6 is 0 Å². The second kappa shape index (κ2) is 5.10. The normalized spacial score (nSPS) is 13.1. The Bertz CT molecular complexity index is 766. The first-order valence-corrected chi connectivity index (χ1v) is 7.04. The molecule has 0 aliphatic rings. The summed E-state index contributed by atoms with van der Waals surface area (Å²) in [6.45, 7) is 1.52. The first kappa shape index (κ1) is 14.3. The highest BCUT2D eigenvalue weighted by atomic mass is 32.3. The Morgan fingerprint density at radius 3 is 2.40 bits per heavy atom. The van der Waals surface area contributed by atoms with Crippen LogP contribution in [-0.4, -0.2) is 18.9 Å². The number of carboxylic acid groups (broad SMARTS) is 1. The third-order valence-electron chi connectivity index (χ3n) is 2.89. The van der Waals surface area contributed by atoms with E-state index in [0.29, 0.717) is 10.9 Å². The van der Waals surface area contributed by atoms with Gasteiger partial charge in [0.25, 0.3) is 0 Å². The summed E-state index contributed by atoms with van der Waals surface area (Å²) in [5.74, 6) is -1.94. The maximum absolute atomic E-state index is 10.8. The van der Waals surface area contributed by atoms with Crippen molar-refractivity contribution in [3.8, 4) is 5.75 Å². The lowest BCUT2D eigenvalue weighted by Crippen LogP contribution is -2.27. The molecule has 0 radical (unpaired) electrons. The highest BCUT2D eigenvalue weighted by Gasteiger charge is 2.10. The molecule has 6 nitrogen and oxygen atoms in total. The number of carbonyl (C=O) groups excluding carboxylic acids is 1. The summed E-state index contributed by atoms with van der Waals surface area (Å²) in [6, 6.07) is 9.29. The van der Waals surface area contributed by atoms with E-state index in [1.165, 1.54) is 19.1 Å². The van der Waals surface area contributed by atoms with Gasteiger partial charge in [0.1, 0.15) is 5.75 Å². The minimum Gasteiger partial charge on any atom is -0.550 e. The molecule has 2 aromatic carbocycles. The van der Waals surface area contributed by atoms with Gasteiger partial charge < -0.3 is 14.1 Å². The topological polar surface area (TPSA) is 104 Å². The minimum absolute atomic E-state index is 0.0271. The predicted molar refractivity (Wildman–Crippen MR) is 69.5 cm³/mol. The second-order valence-corrected chi connectivity index (χ2v) is 5.34. The summed E-state index contributed by atoms with van der Waals surface area (Å²) < 4.78 is 34.2. The van der Waals surface area contributed by atoms with Gasteiger partial charge in [-0.25, -0.2) is 0 Å². The van der Waals surface area contributed by atoms with Gasteiger partial charge in [0.2, 0.25) is 0 Å². The molecule has 1 N–H and O–H groups in total. The Balaban J connectivity index is 2.42. The van der Waals surface area contributed by atoms with Gasteiger partial charge in [-0.1, -0.05) is 31.2 Å². The molecule has 2 aromatic rings. The lowest BCUT2D eigenvalue weighted by atomic mass is 9.98. The molecule has 1 atom stereocenters. The number of carbonyl (C=O) groups is 1. The zero-order chi connectivity index (χ0) is 14.9. The van der Waals surface area contributed by atoms with Crippen LogP contribution in [0.5, 0.6) is 5.75 Å². The van der Waals surface area contributed by atoms with Crippen LogP contribution in [0.3, 0.4) is 0 Å². The fraction of sp³-hybridized carbons (Fsp3) is 0.154. The van der Waals surface area contributed by atoms with Crippen molar-refractivity contribution in [1.82, 2.24) is 0 Å². The van der Waals surface area contributed by atoms with Gasteiger partial charge in [0, 0.05) is 11.9 Å². The molecule has 7 heteroatoms. The average molecular weight is 295 g/mol. The molecule has 2 rings (SSSR count). The van der Waals surface area contributed by atoms with Crippen LogP contribution in [0.1, 0.15) is 18.4 Å². The maximum atomic E-state index is 10.8. The van der Waals surface area contributed by atoms with Crippen LogP contribution in [0.4, 0.5) is 0 Å². The molecular formula is C13H11O6S-. The van der Waals surface area contributed by atoms with Crippen molar-refractivity contribution in [1.29, 1.82) is 0 Å². The first-order chi connectivity index (χ1) is 9.26. The van der Waals surface area contributed by atoms with E-state index in [1.54, 1.807) is 24.3 Å². The summed E-state index contributed by atoms with van der Waals surface area (Å²) in [4.78, 5) is 10.8. The van der Waals surface area contributed by atoms with E-state index in [-0.39, 0.29) is 5.75 Å². The molecule has 0 bridgehead atoms. The van der Waals surface area contributed by atoms with Gasteiger partial charge in [-0.2, -0.15) is 8.42 Å². The molecule has 20 heavy (non-hydrogen) atoms. The van der Waals surface area contributed by atoms with Crippen LogP contribution < -0.4 is 9.29 Å². The highest BCUT2D eigenvalue weighted by molar-refractivity contribution is 7.81. The van der Waals surface area contributed by atoms with Crippen molar-refractivity contribution in [2.75, 3.05) is 0 Å². The number of benzene rings is 2. The van der Waals surface area contributed by atoms with Crippen molar-refractivity contribution in [2.24, 2.45) is 0 Å². The predicted octanol–water partition coefficient (Wildman–Crippen LogP) is 0.875. The SMILES string of the molecule is C[C@H](C(=O)[O-])c1ccc2cc(OS(=O)(=O)O)ccc2c1. The average Bonchev–Trinajstić information content (AvgIpc) is 2.35. The van der Waals surface area contributed by atoms with Crippen molar-refractivity contribution in [2.45, 2.75) is 12.8 Å². The molecule has 0 unspecified atom stereocenters.